The lowest BCUT2D eigenvalue weighted by atomic mass is 9.78. The molecule has 2 aromatic carbocycles. The predicted octanol–water partition coefficient (Wildman–Crippen LogP) is 5.79. The molecular weight excluding hydrogens is 444 g/mol. The van der Waals surface area contributed by atoms with Crippen molar-refractivity contribution in [1.82, 2.24) is 0 Å². The van der Waals surface area contributed by atoms with E-state index in [2.05, 4.69) is 38.1 Å². The Morgan fingerprint density at radius 3 is 1.37 bits per heavy atom. The van der Waals surface area contributed by atoms with Crippen molar-refractivity contribution in [2.24, 2.45) is 0 Å². The number of carbonyl (C=O) groups is 2. The summed E-state index contributed by atoms with van der Waals surface area (Å²) < 4.78 is 21.6. The molecular formula is C29H36O6. The Balaban J connectivity index is 1.80. The van der Waals surface area contributed by atoms with Crippen molar-refractivity contribution in [3.05, 3.63) is 84.0 Å². The van der Waals surface area contributed by atoms with Crippen LogP contribution in [-0.4, -0.2) is 38.4 Å². The van der Waals surface area contributed by atoms with E-state index in [4.69, 9.17) is 18.9 Å². The highest BCUT2D eigenvalue weighted by Crippen LogP contribution is 2.33. The van der Waals surface area contributed by atoms with Gasteiger partial charge in [0.1, 0.15) is 11.5 Å². The van der Waals surface area contributed by atoms with Crippen LogP contribution in [0.5, 0.6) is 11.5 Å². The molecule has 0 aliphatic rings. The number of rotatable bonds is 14. The number of carbonyl (C=O) groups excluding carboxylic acids is 2. The first-order valence-electron chi connectivity index (χ1n) is 11.9. The van der Waals surface area contributed by atoms with Crippen molar-refractivity contribution >= 4 is 11.9 Å². The largest absolute Gasteiger partial charge is 0.493 e. The van der Waals surface area contributed by atoms with E-state index in [0.29, 0.717) is 39.3 Å². The minimum atomic E-state index is -0.332. The quantitative estimate of drug-likeness (QED) is 0.194. The molecule has 0 saturated carbocycles. The third kappa shape index (κ3) is 9.69. The molecule has 0 unspecified atom stereocenters. The van der Waals surface area contributed by atoms with Crippen molar-refractivity contribution in [3.8, 4) is 11.5 Å². The van der Waals surface area contributed by atoms with Crippen LogP contribution < -0.4 is 9.47 Å². The van der Waals surface area contributed by atoms with E-state index in [-0.39, 0.29) is 17.4 Å². The van der Waals surface area contributed by atoms with Crippen LogP contribution in [-0.2, 0) is 24.5 Å². The number of hydrogen-bond acceptors (Lipinski definition) is 6. The Labute approximate surface area is 208 Å². The van der Waals surface area contributed by atoms with Crippen LogP contribution in [0.3, 0.4) is 0 Å². The molecule has 0 saturated heterocycles. The summed E-state index contributed by atoms with van der Waals surface area (Å²) in [6.07, 6.45) is 7.37. The standard InChI is InChI=1S/C29H36O6/c1-5-9-27(30)34-21-7-19-32-25-15-11-23(12-16-25)29(3,4)24-13-17-26(18-14-24)33-20-8-22-35-28(31)10-6-2/h5-6,9-18H,7-8,19-22H2,1-4H3. The van der Waals surface area contributed by atoms with Crippen LogP contribution in [0.25, 0.3) is 0 Å². The lowest BCUT2D eigenvalue weighted by Gasteiger charge is -2.26. The molecule has 0 amide bonds. The van der Waals surface area contributed by atoms with Crippen molar-refractivity contribution in [2.75, 3.05) is 26.4 Å². The first-order valence-corrected chi connectivity index (χ1v) is 11.9. The molecule has 0 aromatic heterocycles. The lowest BCUT2D eigenvalue weighted by Crippen LogP contribution is -2.18. The second-order valence-electron chi connectivity index (χ2n) is 8.41. The van der Waals surface area contributed by atoms with Gasteiger partial charge in [-0.1, -0.05) is 50.3 Å². The van der Waals surface area contributed by atoms with Gasteiger partial charge in [-0.15, -0.1) is 0 Å². The van der Waals surface area contributed by atoms with Crippen LogP contribution in [0, 0.1) is 0 Å². The summed E-state index contributed by atoms with van der Waals surface area (Å²) in [7, 11) is 0. The van der Waals surface area contributed by atoms with Crippen LogP contribution in [0.1, 0.15) is 51.7 Å². The van der Waals surface area contributed by atoms with Gasteiger partial charge in [-0.2, -0.15) is 0 Å². The van der Waals surface area contributed by atoms with Gasteiger partial charge in [0.2, 0.25) is 0 Å². The van der Waals surface area contributed by atoms with E-state index >= 15 is 0 Å². The molecule has 0 spiro atoms. The van der Waals surface area contributed by atoms with Crippen molar-refractivity contribution in [2.45, 2.75) is 46.0 Å². The van der Waals surface area contributed by atoms with Crippen LogP contribution >= 0.6 is 0 Å². The second-order valence-corrected chi connectivity index (χ2v) is 8.41. The fourth-order valence-electron chi connectivity index (χ4n) is 3.31. The van der Waals surface area contributed by atoms with E-state index < -0.39 is 0 Å². The molecule has 0 radical (unpaired) electrons. The summed E-state index contributed by atoms with van der Waals surface area (Å²) >= 11 is 0. The second kappa shape index (κ2) is 14.7. The molecule has 0 aliphatic carbocycles. The van der Waals surface area contributed by atoms with Gasteiger partial charge in [-0.25, -0.2) is 9.59 Å². The first-order chi connectivity index (χ1) is 16.9. The van der Waals surface area contributed by atoms with Gasteiger partial charge in [-0.05, 0) is 49.2 Å². The monoisotopic (exact) mass is 480 g/mol. The minimum absolute atomic E-state index is 0.195. The summed E-state index contributed by atoms with van der Waals surface area (Å²) in [5, 5.41) is 0. The molecule has 188 valence electrons. The molecule has 0 heterocycles. The fraction of sp³-hybridized carbons (Fsp3) is 0.379. The van der Waals surface area contributed by atoms with Crippen molar-refractivity contribution < 1.29 is 28.5 Å². The summed E-state index contributed by atoms with van der Waals surface area (Å²) in [4.78, 5) is 22.6. The Morgan fingerprint density at radius 2 is 1.03 bits per heavy atom. The van der Waals surface area contributed by atoms with E-state index in [1.54, 1.807) is 26.0 Å². The van der Waals surface area contributed by atoms with Gasteiger partial charge in [0, 0.05) is 30.4 Å². The summed E-state index contributed by atoms with van der Waals surface area (Å²) in [5.74, 6) is 0.900. The molecule has 6 nitrogen and oxygen atoms in total. The maximum absolute atomic E-state index is 11.3. The van der Waals surface area contributed by atoms with Crippen molar-refractivity contribution in [3.63, 3.8) is 0 Å². The van der Waals surface area contributed by atoms with Crippen molar-refractivity contribution in [1.29, 1.82) is 0 Å². The SMILES string of the molecule is CC=CC(=O)OCCCOc1ccc(C(C)(C)c2ccc(OCCCOC(=O)C=CC)cc2)cc1. The van der Waals surface area contributed by atoms with Gasteiger partial charge in [-0.3, -0.25) is 0 Å². The molecule has 0 aliphatic heterocycles. The smallest absolute Gasteiger partial charge is 0.330 e. The van der Waals surface area contributed by atoms with Crippen LogP contribution in [0.15, 0.2) is 72.8 Å². The molecule has 2 rings (SSSR count). The molecule has 2 aromatic rings. The normalized spacial score (nSPS) is 11.5. The number of allylic oxidation sites excluding steroid dienone is 2. The van der Waals surface area contributed by atoms with E-state index in [0.717, 1.165) is 11.5 Å². The Bertz CT molecular complexity index is 892. The zero-order valence-electron chi connectivity index (χ0n) is 21.1. The zero-order chi connectivity index (χ0) is 25.5. The van der Waals surface area contributed by atoms with E-state index in [9.17, 15) is 9.59 Å². The molecule has 0 N–H and O–H groups in total. The van der Waals surface area contributed by atoms with E-state index in [1.807, 2.05) is 24.3 Å². The minimum Gasteiger partial charge on any atom is -0.493 e. The summed E-state index contributed by atoms with van der Waals surface area (Å²) in [6.45, 7) is 9.52. The highest BCUT2D eigenvalue weighted by molar-refractivity contribution is 5.82. The topological polar surface area (TPSA) is 71.1 Å². The first kappa shape index (κ1) is 27.7. The van der Waals surface area contributed by atoms with E-state index in [1.165, 1.54) is 23.3 Å². The van der Waals surface area contributed by atoms with Gasteiger partial charge >= 0.3 is 11.9 Å². The average Bonchev–Trinajstić information content (AvgIpc) is 2.84. The van der Waals surface area contributed by atoms with Crippen LogP contribution in [0.2, 0.25) is 0 Å². The van der Waals surface area contributed by atoms with Crippen LogP contribution in [0.4, 0.5) is 0 Å². The Kier molecular flexibility index (Phi) is 11.6. The zero-order valence-corrected chi connectivity index (χ0v) is 21.1. The fourth-order valence-corrected chi connectivity index (χ4v) is 3.31. The molecule has 6 heteroatoms. The summed E-state index contributed by atoms with van der Waals surface area (Å²) in [5.41, 5.74) is 2.14. The highest BCUT2D eigenvalue weighted by atomic mass is 16.5. The maximum atomic E-state index is 11.3. The number of ether oxygens (including phenoxy) is 4. The lowest BCUT2D eigenvalue weighted by molar-refractivity contribution is -0.138. The Hall–Kier alpha value is -3.54. The third-order valence-corrected chi connectivity index (χ3v) is 5.36. The third-order valence-electron chi connectivity index (χ3n) is 5.36. The molecule has 35 heavy (non-hydrogen) atoms. The summed E-state index contributed by atoms with van der Waals surface area (Å²) in [6, 6.07) is 16.1. The Morgan fingerprint density at radius 1 is 0.657 bits per heavy atom. The van der Waals surface area contributed by atoms with Gasteiger partial charge in [0.15, 0.2) is 0 Å². The number of benzene rings is 2. The average molecular weight is 481 g/mol. The maximum Gasteiger partial charge on any atom is 0.330 e. The van der Waals surface area contributed by atoms with Gasteiger partial charge in [0.25, 0.3) is 0 Å². The molecule has 0 bridgehead atoms. The highest BCUT2D eigenvalue weighted by Gasteiger charge is 2.23. The molecule has 0 fully saturated rings. The number of hydrogen-bond donors (Lipinski definition) is 0. The number of esters is 2. The molecule has 0 atom stereocenters. The van der Waals surface area contributed by atoms with Gasteiger partial charge < -0.3 is 18.9 Å². The predicted molar refractivity (Wildman–Crippen MR) is 137 cm³/mol. The van der Waals surface area contributed by atoms with Gasteiger partial charge in [0.05, 0.1) is 26.4 Å².